The Hall–Kier alpha value is -6.89. The van der Waals surface area contributed by atoms with Crippen molar-refractivity contribution in [1.29, 1.82) is 5.26 Å². The molecule has 1 aromatic heterocycles. The SMILES string of the molecule is CC1(C)c2ccccc2C2(c3ccccc3-c3cc(-c4cc(-c5cccc(C#N)c5)nc(-c5ccc(-c6ccccc6)cc5)n4)ccc32)c2ccccc21. The standard InChI is InChI=1S/C51H35N3/c1-50(2)43-19-8-10-21-45(43)51(46-22-11-9-20-44(46)50)41-18-7-6-17-39(41)40-30-38(27-28-42(40)51)48-31-47(37-16-12-13-33(29-37)32-52)53-49(54-48)36-25-23-35(24-26-36)34-14-4-3-5-15-34/h3-31H,1-2H3. The quantitative estimate of drug-likeness (QED) is 0.185. The third kappa shape index (κ3) is 4.67. The summed E-state index contributed by atoms with van der Waals surface area (Å²) in [5.74, 6) is 0.638. The number of fused-ring (bicyclic) bond motifs is 9. The van der Waals surface area contributed by atoms with Crippen molar-refractivity contribution in [2.45, 2.75) is 24.7 Å². The average Bonchev–Trinajstić information content (AvgIpc) is 3.53. The van der Waals surface area contributed by atoms with E-state index in [1.165, 1.54) is 44.5 Å². The average molecular weight is 690 g/mol. The maximum atomic E-state index is 9.74. The van der Waals surface area contributed by atoms with E-state index in [0.717, 1.165) is 39.2 Å². The van der Waals surface area contributed by atoms with Crippen molar-refractivity contribution in [2.24, 2.45) is 0 Å². The van der Waals surface area contributed by atoms with Crippen LogP contribution in [0.2, 0.25) is 0 Å². The monoisotopic (exact) mass is 689 g/mol. The van der Waals surface area contributed by atoms with Crippen molar-refractivity contribution >= 4 is 0 Å². The van der Waals surface area contributed by atoms with Crippen LogP contribution in [0.1, 0.15) is 52.8 Å². The van der Waals surface area contributed by atoms with Crippen LogP contribution in [0.3, 0.4) is 0 Å². The molecule has 0 aliphatic heterocycles. The second-order valence-corrected chi connectivity index (χ2v) is 14.9. The van der Waals surface area contributed by atoms with Crippen LogP contribution >= 0.6 is 0 Å². The second-order valence-electron chi connectivity index (χ2n) is 14.9. The molecule has 2 aliphatic carbocycles. The number of rotatable bonds is 4. The van der Waals surface area contributed by atoms with Crippen LogP contribution in [0, 0.1) is 11.3 Å². The van der Waals surface area contributed by atoms with E-state index in [9.17, 15) is 5.26 Å². The van der Waals surface area contributed by atoms with E-state index in [1.807, 2.05) is 30.3 Å². The Labute approximate surface area is 315 Å². The van der Waals surface area contributed by atoms with Crippen LogP contribution in [0.4, 0.5) is 0 Å². The van der Waals surface area contributed by atoms with Crippen LogP contribution in [0.5, 0.6) is 0 Å². The summed E-state index contributed by atoms with van der Waals surface area (Å²) in [6, 6.07) is 64.7. The highest BCUT2D eigenvalue weighted by Crippen LogP contribution is 2.62. The zero-order valence-electron chi connectivity index (χ0n) is 30.1. The van der Waals surface area contributed by atoms with E-state index < -0.39 is 5.41 Å². The van der Waals surface area contributed by atoms with Crippen molar-refractivity contribution in [3.8, 4) is 62.2 Å². The smallest absolute Gasteiger partial charge is 0.160 e. The molecule has 2 aliphatic rings. The van der Waals surface area contributed by atoms with E-state index >= 15 is 0 Å². The highest BCUT2D eigenvalue weighted by atomic mass is 14.9. The maximum absolute atomic E-state index is 9.74. The van der Waals surface area contributed by atoms with Gasteiger partial charge in [0, 0.05) is 22.1 Å². The van der Waals surface area contributed by atoms with Gasteiger partial charge in [-0.1, -0.05) is 166 Å². The normalized spacial score (nSPS) is 14.0. The number of nitriles is 1. The lowest BCUT2D eigenvalue weighted by Crippen LogP contribution is -2.40. The van der Waals surface area contributed by atoms with Gasteiger partial charge in [-0.2, -0.15) is 5.26 Å². The molecule has 3 heteroatoms. The predicted octanol–water partition coefficient (Wildman–Crippen LogP) is 12.0. The first-order chi connectivity index (χ1) is 26.5. The third-order valence-corrected chi connectivity index (χ3v) is 11.6. The molecule has 54 heavy (non-hydrogen) atoms. The number of nitrogens with zero attached hydrogens (tertiary/aromatic N) is 3. The third-order valence-electron chi connectivity index (χ3n) is 11.6. The van der Waals surface area contributed by atoms with Crippen LogP contribution < -0.4 is 0 Å². The molecular weight excluding hydrogens is 655 g/mol. The van der Waals surface area contributed by atoms with Gasteiger partial charge in [0.2, 0.25) is 0 Å². The molecule has 0 unspecified atom stereocenters. The maximum Gasteiger partial charge on any atom is 0.160 e. The lowest BCUT2D eigenvalue weighted by Gasteiger charge is -2.46. The number of hydrogen-bond acceptors (Lipinski definition) is 3. The Morgan fingerprint density at radius 3 is 1.57 bits per heavy atom. The van der Waals surface area contributed by atoms with Crippen molar-refractivity contribution in [3.05, 3.63) is 215 Å². The minimum atomic E-state index is -0.451. The van der Waals surface area contributed by atoms with Gasteiger partial charge >= 0.3 is 0 Å². The van der Waals surface area contributed by atoms with Gasteiger partial charge < -0.3 is 0 Å². The number of benzene rings is 7. The first-order valence-electron chi connectivity index (χ1n) is 18.5. The summed E-state index contributed by atoms with van der Waals surface area (Å²) in [6.07, 6.45) is 0. The molecule has 254 valence electrons. The van der Waals surface area contributed by atoms with Gasteiger partial charge in [-0.15, -0.1) is 0 Å². The Bertz CT molecular complexity index is 2760. The Morgan fingerprint density at radius 2 is 0.907 bits per heavy atom. The summed E-state index contributed by atoms with van der Waals surface area (Å²) in [7, 11) is 0. The van der Waals surface area contributed by atoms with Crippen molar-refractivity contribution in [1.82, 2.24) is 9.97 Å². The highest BCUT2D eigenvalue weighted by Gasteiger charge is 2.53. The van der Waals surface area contributed by atoms with E-state index in [0.29, 0.717) is 11.4 Å². The Morgan fingerprint density at radius 1 is 0.407 bits per heavy atom. The Kier molecular flexibility index (Phi) is 7.12. The van der Waals surface area contributed by atoms with Crippen LogP contribution in [-0.4, -0.2) is 9.97 Å². The molecule has 0 fully saturated rings. The second kappa shape index (κ2) is 12.1. The molecule has 3 nitrogen and oxygen atoms in total. The summed E-state index contributed by atoms with van der Waals surface area (Å²) in [4.78, 5) is 10.3. The van der Waals surface area contributed by atoms with Gasteiger partial charge in [0.15, 0.2) is 5.82 Å². The molecule has 10 rings (SSSR count). The van der Waals surface area contributed by atoms with E-state index in [-0.39, 0.29) is 5.41 Å². The first-order valence-corrected chi connectivity index (χ1v) is 18.5. The summed E-state index contributed by atoms with van der Waals surface area (Å²) in [5, 5.41) is 9.74. The van der Waals surface area contributed by atoms with Gasteiger partial charge in [0.05, 0.1) is 28.4 Å². The molecule has 0 N–H and O–H groups in total. The van der Waals surface area contributed by atoms with Gasteiger partial charge in [-0.25, -0.2) is 9.97 Å². The Balaban J connectivity index is 1.18. The molecule has 1 heterocycles. The van der Waals surface area contributed by atoms with Gasteiger partial charge in [0.1, 0.15) is 0 Å². The van der Waals surface area contributed by atoms with E-state index in [2.05, 4.69) is 166 Å². The van der Waals surface area contributed by atoms with Gasteiger partial charge in [-0.05, 0) is 79.9 Å². The van der Waals surface area contributed by atoms with Crippen LogP contribution in [0.15, 0.2) is 176 Å². The highest BCUT2D eigenvalue weighted by molar-refractivity contribution is 5.90. The lowest BCUT2D eigenvalue weighted by molar-refractivity contribution is 0.563. The molecule has 0 bridgehead atoms. The van der Waals surface area contributed by atoms with Gasteiger partial charge in [-0.3, -0.25) is 0 Å². The van der Waals surface area contributed by atoms with Crippen molar-refractivity contribution in [2.75, 3.05) is 0 Å². The molecule has 0 amide bonds. The van der Waals surface area contributed by atoms with Gasteiger partial charge in [0.25, 0.3) is 0 Å². The fraction of sp³-hybridized carbons (Fsp3) is 0.0784. The fourth-order valence-electron chi connectivity index (χ4n) is 9.09. The fourth-order valence-corrected chi connectivity index (χ4v) is 9.09. The summed E-state index contributed by atoms with van der Waals surface area (Å²) in [6.45, 7) is 4.71. The number of hydrogen-bond donors (Lipinski definition) is 0. The topological polar surface area (TPSA) is 49.6 Å². The zero-order chi connectivity index (χ0) is 36.4. The molecule has 0 atom stereocenters. The molecule has 7 aromatic carbocycles. The lowest BCUT2D eigenvalue weighted by atomic mass is 9.55. The summed E-state index contributed by atoms with van der Waals surface area (Å²) in [5.41, 5.74) is 17.2. The molecule has 0 saturated heterocycles. The van der Waals surface area contributed by atoms with Crippen molar-refractivity contribution in [3.63, 3.8) is 0 Å². The number of aromatic nitrogens is 2. The summed E-state index contributed by atoms with van der Waals surface area (Å²) < 4.78 is 0. The van der Waals surface area contributed by atoms with Crippen molar-refractivity contribution < 1.29 is 0 Å². The minimum absolute atomic E-state index is 0.147. The zero-order valence-corrected chi connectivity index (χ0v) is 30.1. The van der Waals surface area contributed by atoms with E-state index in [1.54, 1.807) is 0 Å². The van der Waals surface area contributed by atoms with Crippen LogP contribution in [-0.2, 0) is 10.8 Å². The molecule has 1 spiro atoms. The largest absolute Gasteiger partial charge is 0.228 e. The molecule has 0 radical (unpaired) electrons. The molecule has 0 saturated carbocycles. The van der Waals surface area contributed by atoms with Crippen LogP contribution in [0.25, 0.3) is 56.2 Å². The first kappa shape index (κ1) is 31.8. The van der Waals surface area contributed by atoms with E-state index in [4.69, 9.17) is 9.97 Å². The minimum Gasteiger partial charge on any atom is -0.228 e. The summed E-state index contributed by atoms with van der Waals surface area (Å²) >= 11 is 0. The molecule has 8 aromatic rings. The molecular formula is C51H35N3. The predicted molar refractivity (Wildman–Crippen MR) is 218 cm³/mol.